The zero-order chi connectivity index (χ0) is 24.0. The molecule has 3 aromatic rings. The number of carbonyl (C=O) groups is 1. The molecule has 1 N–H and O–H groups in total. The van der Waals surface area contributed by atoms with Crippen LogP contribution in [0.2, 0.25) is 0 Å². The number of hydrogen-bond acceptors (Lipinski definition) is 6. The second-order valence-corrected chi connectivity index (χ2v) is 7.99. The van der Waals surface area contributed by atoms with E-state index in [4.69, 9.17) is 9.47 Å². The number of halogens is 3. The fourth-order valence-corrected chi connectivity index (χ4v) is 3.57. The first-order valence-corrected chi connectivity index (χ1v) is 11.0. The van der Waals surface area contributed by atoms with Crippen LogP contribution in [-0.2, 0) is 24.6 Å². The summed E-state index contributed by atoms with van der Waals surface area (Å²) in [5.74, 6) is 1.26. The van der Waals surface area contributed by atoms with E-state index in [0.29, 0.717) is 29.1 Å². The van der Waals surface area contributed by atoms with E-state index in [-0.39, 0.29) is 18.0 Å². The average molecular weight is 481 g/mol. The standard InChI is InChI=1S/C22H23F3N4O3S/c1-4-31-18-10-14(2)8-9-17(18)32-12-19-27-28-21(29(19)3)33-13-20(30)26-16-7-5-6-15(11-16)22(23,24)25/h5-11H,4,12-13H2,1-3H3,(H,26,30). The van der Waals surface area contributed by atoms with Crippen molar-refractivity contribution < 1.29 is 27.4 Å². The van der Waals surface area contributed by atoms with Gasteiger partial charge in [-0.1, -0.05) is 23.9 Å². The predicted molar refractivity (Wildman–Crippen MR) is 118 cm³/mol. The number of nitrogens with one attached hydrogen (secondary N) is 1. The van der Waals surface area contributed by atoms with Gasteiger partial charge in [0.15, 0.2) is 22.5 Å². The van der Waals surface area contributed by atoms with E-state index in [9.17, 15) is 18.0 Å². The largest absolute Gasteiger partial charge is 0.490 e. The van der Waals surface area contributed by atoms with Crippen LogP contribution in [0.4, 0.5) is 18.9 Å². The lowest BCUT2D eigenvalue weighted by molar-refractivity contribution is -0.137. The number of anilines is 1. The van der Waals surface area contributed by atoms with Crippen LogP contribution in [0.3, 0.4) is 0 Å². The van der Waals surface area contributed by atoms with Gasteiger partial charge in [-0.05, 0) is 49.7 Å². The molecule has 0 aliphatic heterocycles. The summed E-state index contributed by atoms with van der Waals surface area (Å²) in [5.41, 5.74) is 0.296. The molecule has 1 heterocycles. The van der Waals surface area contributed by atoms with Crippen molar-refractivity contribution in [1.29, 1.82) is 0 Å². The molecule has 33 heavy (non-hydrogen) atoms. The second kappa shape index (κ2) is 10.6. The molecule has 0 saturated heterocycles. The number of rotatable bonds is 9. The Morgan fingerprint density at radius 1 is 1.12 bits per heavy atom. The SMILES string of the molecule is CCOc1cc(C)ccc1OCc1nnc(SCC(=O)Nc2cccc(C(F)(F)F)c2)n1C. The molecular formula is C22H23F3N4O3S. The van der Waals surface area contributed by atoms with Gasteiger partial charge in [0.25, 0.3) is 0 Å². The van der Waals surface area contributed by atoms with Gasteiger partial charge in [-0.15, -0.1) is 10.2 Å². The molecule has 0 bridgehead atoms. The van der Waals surface area contributed by atoms with Crippen molar-refractivity contribution in [3.63, 3.8) is 0 Å². The quantitative estimate of drug-likeness (QED) is 0.441. The Hall–Kier alpha value is -3.21. The monoisotopic (exact) mass is 480 g/mol. The summed E-state index contributed by atoms with van der Waals surface area (Å²) in [7, 11) is 1.74. The van der Waals surface area contributed by atoms with Crippen molar-refractivity contribution in [2.75, 3.05) is 17.7 Å². The van der Waals surface area contributed by atoms with E-state index in [2.05, 4.69) is 15.5 Å². The zero-order valence-corrected chi connectivity index (χ0v) is 19.1. The summed E-state index contributed by atoms with van der Waals surface area (Å²) < 4.78 is 51.6. The summed E-state index contributed by atoms with van der Waals surface area (Å²) in [5, 5.41) is 11.1. The second-order valence-electron chi connectivity index (χ2n) is 7.05. The van der Waals surface area contributed by atoms with Crippen molar-refractivity contribution in [3.05, 3.63) is 59.4 Å². The number of amides is 1. The van der Waals surface area contributed by atoms with Crippen LogP contribution in [0.15, 0.2) is 47.6 Å². The zero-order valence-electron chi connectivity index (χ0n) is 18.3. The molecule has 2 aromatic carbocycles. The van der Waals surface area contributed by atoms with Crippen LogP contribution in [0.1, 0.15) is 23.9 Å². The molecule has 0 spiro atoms. The average Bonchev–Trinajstić information content (AvgIpc) is 3.11. The summed E-state index contributed by atoms with van der Waals surface area (Å²) in [6.07, 6.45) is -4.48. The first-order valence-electron chi connectivity index (χ1n) is 10.0. The molecule has 176 valence electrons. The van der Waals surface area contributed by atoms with E-state index in [0.717, 1.165) is 29.5 Å². The van der Waals surface area contributed by atoms with Crippen LogP contribution in [-0.4, -0.2) is 33.0 Å². The Balaban J connectivity index is 1.57. The van der Waals surface area contributed by atoms with Crippen LogP contribution in [0.5, 0.6) is 11.5 Å². The smallest absolute Gasteiger partial charge is 0.416 e. The lowest BCUT2D eigenvalue weighted by Crippen LogP contribution is -2.15. The third kappa shape index (κ3) is 6.64. The molecule has 0 aliphatic rings. The Labute approximate surface area is 193 Å². The lowest BCUT2D eigenvalue weighted by atomic mass is 10.2. The highest BCUT2D eigenvalue weighted by atomic mass is 32.2. The Kier molecular flexibility index (Phi) is 7.85. The van der Waals surface area contributed by atoms with Gasteiger partial charge in [0.05, 0.1) is 17.9 Å². The lowest BCUT2D eigenvalue weighted by Gasteiger charge is -2.12. The number of alkyl halides is 3. The van der Waals surface area contributed by atoms with Gasteiger partial charge in [-0.2, -0.15) is 13.2 Å². The molecule has 0 radical (unpaired) electrons. The van der Waals surface area contributed by atoms with Gasteiger partial charge in [-0.3, -0.25) is 4.79 Å². The molecule has 0 unspecified atom stereocenters. The number of benzene rings is 2. The van der Waals surface area contributed by atoms with Crippen molar-refractivity contribution in [3.8, 4) is 11.5 Å². The number of nitrogens with zero attached hydrogens (tertiary/aromatic N) is 3. The van der Waals surface area contributed by atoms with E-state index in [1.54, 1.807) is 11.6 Å². The normalized spacial score (nSPS) is 11.3. The van der Waals surface area contributed by atoms with E-state index in [1.165, 1.54) is 12.1 Å². The topological polar surface area (TPSA) is 78.3 Å². The first kappa shape index (κ1) is 24.4. The first-order chi connectivity index (χ1) is 15.7. The van der Waals surface area contributed by atoms with Crippen molar-refractivity contribution in [1.82, 2.24) is 14.8 Å². The molecule has 0 atom stereocenters. The molecule has 7 nitrogen and oxygen atoms in total. The van der Waals surface area contributed by atoms with Gasteiger partial charge in [0.2, 0.25) is 5.91 Å². The third-order valence-electron chi connectivity index (χ3n) is 4.49. The minimum atomic E-state index is -4.48. The molecule has 11 heteroatoms. The highest BCUT2D eigenvalue weighted by Crippen LogP contribution is 2.31. The predicted octanol–water partition coefficient (Wildman–Crippen LogP) is 4.85. The molecule has 1 aromatic heterocycles. The third-order valence-corrected chi connectivity index (χ3v) is 5.51. The van der Waals surface area contributed by atoms with Gasteiger partial charge in [0.1, 0.15) is 6.61 Å². The summed E-state index contributed by atoms with van der Waals surface area (Å²) in [6, 6.07) is 10.1. The number of thioether (sulfide) groups is 1. The fraction of sp³-hybridized carbons (Fsp3) is 0.318. The van der Waals surface area contributed by atoms with Crippen LogP contribution in [0, 0.1) is 6.92 Å². The number of aryl methyl sites for hydroxylation is 1. The van der Waals surface area contributed by atoms with Crippen LogP contribution < -0.4 is 14.8 Å². The number of hydrogen-bond donors (Lipinski definition) is 1. The van der Waals surface area contributed by atoms with E-state index in [1.807, 2.05) is 32.0 Å². The van der Waals surface area contributed by atoms with Crippen molar-refractivity contribution >= 4 is 23.4 Å². The van der Waals surface area contributed by atoms with Crippen molar-refractivity contribution in [2.45, 2.75) is 31.8 Å². The van der Waals surface area contributed by atoms with Gasteiger partial charge < -0.3 is 19.4 Å². The number of carbonyl (C=O) groups excluding carboxylic acids is 1. The highest BCUT2D eigenvalue weighted by Gasteiger charge is 2.30. The number of aromatic nitrogens is 3. The molecule has 3 rings (SSSR count). The summed E-state index contributed by atoms with van der Waals surface area (Å²) in [4.78, 5) is 12.2. The minimum Gasteiger partial charge on any atom is -0.490 e. The maximum atomic E-state index is 12.8. The van der Waals surface area contributed by atoms with Crippen LogP contribution in [0.25, 0.3) is 0 Å². The summed E-state index contributed by atoms with van der Waals surface area (Å²) in [6.45, 7) is 4.50. The molecule has 1 amide bonds. The molecular weight excluding hydrogens is 457 g/mol. The summed E-state index contributed by atoms with van der Waals surface area (Å²) >= 11 is 1.11. The maximum Gasteiger partial charge on any atom is 0.416 e. The molecule has 0 fully saturated rings. The maximum absolute atomic E-state index is 12.8. The van der Waals surface area contributed by atoms with Gasteiger partial charge >= 0.3 is 6.18 Å². The fourth-order valence-electron chi connectivity index (χ4n) is 2.84. The molecule has 0 saturated carbocycles. The van der Waals surface area contributed by atoms with Gasteiger partial charge in [0, 0.05) is 12.7 Å². The van der Waals surface area contributed by atoms with Crippen LogP contribution >= 0.6 is 11.8 Å². The highest BCUT2D eigenvalue weighted by molar-refractivity contribution is 7.99. The number of ether oxygens (including phenoxy) is 2. The Bertz CT molecular complexity index is 1120. The van der Waals surface area contributed by atoms with E-state index < -0.39 is 17.6 Å². The van der Waals surface area contributed by atoms with Gasteiger partial charge in [-0.25, -0.2) is 0 Å². The van der Waals surface area contributed by atoms with Crippen molar-refractivity contribution in [2.24, 2.45) is 7.05 Å². The Morgan fingerprint density at radius 2 is 1.91 bits per heavy atom. The molecule has 0 aliphatic carbocycles. The minimum absolute atomic E-state index is 0.0461. The Morgan fingerprint density at radius 3 is 2.64 bits per heavy atom. The van der Waals surface area contributed by atoms with E-state index >= 15 is 0 Å².